The molecule has 1 saturated heterocycles. The lowest BCUT2D eigenvalue weighted by atomic mass is 9.68. The van der Waals surface area contributed by atoms with Gasteiger partial charge in [0.1, 0.15) is 6.61 Å². The Labute approximate surface area is 285 Å². The molecule has 1 aromatic heterocycles. The number of H-pyrrole nitrogens is 1. The van der Waals surface area contributed by atoms with Crippen LogP contribution >= 0.6 is 23.1 Å². The van der Waals surface area contributed by atoms with Gasteiger partial charge in [-0.3, -0.25) is 19.3 Å². The van der Waals surface area contributed by atoms with E-state index in [2.05, 4.69) is 18.0 Å². The number of hydrogen-bond donors (Lipinski definition) is 1. The molecule has 3 heterocycles. The van der Waals surface area contributed by atoms with Crippen molar-refractivity contribution >= 4 is 46.6 Å². The van der Waals surface area contributed by atoms with Crippen LogP contribution in [-0.2, 0) is 20.9 Å². The molecule has 1 N–H and O–H groups in total. The highest BCUT2D eigenvalue weighted by Gasteiger charge is 2.69. The lowest BCUT2D eigenvalue weighted by Crippen LogP contribution is -2.42. The number of thioether (sulfide) groups is 1. The number of anilines is 1. The molecule has 3 aromatic carbocycles. The van der Waals surface area contributed by atoms with Crippen LogP contribution in [0.3, 0.4) is 0 Å². The number of aromatic nitrogens is 1. The van der Waals surface area contributed by atoms with Crippen molar-refractivity contribution in [3.05, 3.63) is 104 Å². The second kappa shape index (κ2) is 12.0. The summed E-state index contributed by atoms with van der Waals surface area (Å²) in [5.41, 5.74) is 4.07. The number of nitrogens with one attached hydrogen (secondary N) is 1. The summed E-state index contributed by atoms with van der Waals surface area (Å²) in [5.74, 6) is -0.575. The molecule has 8 rings (SSSR count). The summed E-state index contributed by atoms with van der Waals surface area (Å²) in [7, 11) is 1.62. The van der Waals surface area contributed by atoms with Crippen molar-refractivity contribution < 1.29 is 28.6 Å². The summed E-state index contributed by atoms with van der Waals surface area (Å²) >= 11 is 2.88. The van der Waals surface area contributed by atoms with Gasteiger partial charge in [0.25, 0.3) is 0 Å². The summed E-state index contributed by atoms with van der Waals surface area (Å²) in [6, 6.07) is 20.6. The van der Waals surface area contributed by atoms with Gasteiger partial charge in [-0.2, -0.15) is 0 Å². The van der Waals surface area contributed by atoms with Gasteiger partial charge in [0.15, 0.2) is 11.5 Å². The minimum Gasteiger partial charge on any atom is -0.493 e. The van der Waals surface area contributed by atoms with Crippen molar-refractivity contribution in [3.63, 3.8) is 0 Å². The van der Waals surface area contributed by atoms with Crippen molar-refractivity contribution in [2.45, 2.75) is 43.1 Å². The first kappa shape index (κ1) is 31.0. The van der Waals surface area contributed by atoms with E-state index in [1.165, 1.54) is 16.2 Å². The third-order valence-corrected chi connectivity index (χ3v) is 13.1. The van der Waals surface area contributed by atoms with Crippen LogP contribution in [0.5, 0.6) is 11.5 Å². The number of hydrogen-bond acceptors (Lipinski definition) is 9. The first-order valence-corrected chi connectivity index (χ1v) is 17.9. The monoisotopic (exact) mass is 682 g/mol. The van der Waals surface area contributed by atoms with E-state index < -0.39 is 17.8 Å². The van der Waals surface area contributed by atoms with Gasteiger partial charge in [0.2, 0.25) is 11.8 Å². The zero-order valence-corrected chi connectivity index (χ0v) is 28.3. The standard InChI is InChI=1S/C37H34N2O7S2/c1-4-45-36(42)19-9-12-22(13-10-19)39-34(40)29-23-16-24(30(29)35(39)41)31-28(23)27(32-33(47-31)38-37(43)48-32)20-11-14-25(26(15-20)44-3)46-17-21-8-6-5-7-18(21)2/h5-15,23-24,27-31H,4,16-17H2,1-3H3,(H,38,43)/t23-,24-,27+,28+,29+,30+,31-/m1/s1. The summed E-state index contributed by atoms with van der Waals surface area (Å²) in [6.07, 6.45) is 0.787. The number of aryl methyl sites for hydroxylation is 1. The fourth-order valence-corrected chi connectivity index (χ4v) is 11.4. The normalized spacial score (nSPS) is 26.6. The van der Waals surface area contributed by atoms with E-state index in [4.69, 9.17) is 14.2 Å². The number of benzene rings is 3. The molecule has 0 unspecified atom stereocenters. The van der Waals surface area contributed by atoms with Crippen molar-refractivity contribution in [2.75, 3.05) is 18.6 Å². The van der Waals surface area contributed by atoms with Crippen molar-refractivity contribution in [1.29, 1.82) is 0 Å². The maximum absolute atomic E-state index is 14.2. The van der Waals surface area contributed by atoms with Crippen LogP contribution in [0.2, 0.25) is 0 Å². The second-order valence-corrected chi connectivity index (χ2v) is 15.1. The minimum absolute atomic E-state index is 0.00655. The van der Waals surface area contributed by atoms with E-state index in [0.29, 0.717) is 29.4 Å². The number of carbonyl (C=O) groups is 3. The van der Waals surface area contributed by atoms with Crippen LogP contribution < -0.4 is 19.2 Å². The van der Waals surface area contributed by atoms with Crippen LogP contribution in [0.15, 0.2) is 76.6 Å². The number of amides is 2. The number of esters is 1. The Hall–Kier alpha value is -4.35. The third kappa shape index (κ3) is 4.81. The molecule has 2 aliphatic carbocycles. The number of carbonyl (C=O) groups excluding carboxylic acids is 3. The highest BCUT2D eigenvalue weighted by molar-refractivity contribution is 8.00. The number of nitrogens with zero attached hydrogens (tertiary/aromatic N) is 1. The van der Waals surface area contributed by atoms with Gasteiger partial charge < -0.3 is 19.2 Å². The molecule has 4 aromatic rings. The molecule has 11 heteroatoms. The molecule has 0 spiro atoms. The molecule has 48 heavy (non-hydrogen) atoms. The first-order chi connectivity index (χ1) is 23.3. The number of rotatable bonds is 8. The lowest BCUT2D eigenvalue weighted by Gasteiger charge is -2.43. The Morgan fingerprint density at radius 1 is 0.958 bits per heavy atom. The average molecular weight is 683 g/mol. The molecule has 3 fully saturated rings. The number of thiazole rings is 1. The van der Waals surface area contributed by atoms with Crippen LogP contribution in [-0.4, -0.2) is 41.7 Å². The molecular weight excluding hydrogens is 649 g/mol. The maximum Gasteiger partial charge on any atom is 0.338 e. The minimum atomic E-state index is -0.446. The Balaban J connectivity index is 1.12. The fourth-order valence-electron chi connectivity index (χ4n) is 8.53. The number of methoxy groups -OCH3 is 1. The predicted octanol–water partition coefficient (Wildman–Crippen LogP) is 6.19. The smallest absolute Gasteiger partial charge is 0.338 e. The molecule has 0 radical (unpaired) electrons. The molecule has 2 bridgehead atoms. The predicted molar refractivity (Wildman–Crippen MR) is 182 cm³/mol. The van der Waals surface area contributed by atoms with E-state index in [-0.39, 0.29) is 52.2 Å². The van der Waals surface area contributed by atoms with Gasteiger partial charge in [0, 0.05) is 16.0 Å². The number of imide groups is 1. The Kier molecular flexibility index (Phi) is 7.71. The van der Waals surface area contributed by atoms with E-state index in [0.717, 1.165) is 33.0 Å². The molecule has 7 atom stereocenters. The van der Waals surface area contributed by atoms with Crippen LogP contribution in [0.1, 0.15) is 51.2 Å². The summed E-state index contributed by atoms with van der Waals surface area (Å²) < 4.78 is 17.1. The number of aromatic amines is 1. The molecule has 246 valence electrons. The zero-order chi connectivity index (χ0) is 33.3. The highest BCUT2D eigenvalue weighted by atomic mass is 32.2. The highest BCUT2D eigenvalue weighted by Crippen LogP contribution is 2.68. The summed E-state index contributed by atoms with van der Waals surface area (Å²) in [4.78, 5) is 58.3. The maximum atomic E-state index is 14.2. The quantitative estimate of drug-likeness (QED) is 0.173. The van der Waals surface area contributed by atoms with E-state index in [9.17, 15) is 19.2 Å². The fraction of sp³-hybridized carbons (Fsp3) is 0.351. The SMILES string of the molecule is CCOC(=O)c1ccc(N2C(=O)[C@H]3[C@H]4C[C@@H]([C@@H]3C2=O)[C@H]2[C@H](c3ccc(OCc5ccccc5C)c(OC)c3)c3sc(=O)[nH]c3S[C@H]42)cc1. The Morgan fingerprint density at radius 2 is 1.71 bits per heavy atom. The number of ether oxygens (including phenoxy) is 3. The molecule has 2 amide bonds. The first-order valence-electron chi connectivity index (χ1n) is 16.2. The van der Waals surface area contributed by atoms with Gasteiger partial charge >= 0.3 is 10.8 Å². The van der Waals surface area contributed by atoms with Gasteiger partial charge in [0.05, 0.1) is 41.8 Å². The van der Waals surface area contributed by atoms with Gasteiger partial charge in [-0.1, -0.05) is 41.7 Å². The van der Waals surface area contributed by atoms with Crippen molar-refractivity contribution in [3.8, 4) is 11.5 Å². The Morgan fingerprint density at radius 3 is 2.44 bits per heavy atom. The van der Waals surface area contributed by atoms with Gasteiger partial charge in [-0.15, -0.1) is 11.8 Å². The molecular formula is C37H34N2O7S2. The third-order valence-electron chi connectivity index (χ3n) is 10.6. The van der Waals surface area contributed by atoms with Crippen LogP contribution in [0, 0.1) is 36.5 Å². The zero-order valence-electron chi connectivity index (χ0n) is 26.6. The van der Waals surface area contributed by atoms with Crippen molar-refractivity contribution in [1.82, 2.24) is 4.98 Å². The summed E-state index contributed by atoms with van der Waals surface area (Å²) in [5, 5.41) is 0.909. The topological polar surface area (TPSA) is 115 Å². The van der Waals surface area contributed by atoms with Gasteiger partial charge in [-0.05, 0) is 91.1 Å². The molecule has 2 saturated carbocycles. The largest absolute Gasteiger partial charge is 0.493 e. The van der Waals surface area contributed by atoms with E-state index in [1.807, 2.05) is 36.4 Å². The summed E-state index contributed by atoms with van der Waals surface area (Å²) in [6.45, 7) is 4.46. The average Bonchev–Trinajstić information content (AvgIpc) is 3.83. The number of fused-ring (bicyclic) bond motifs is 9. The van der Waals surface area contributed by atoms with Crippen LogP contribution in [0.4, 0.5) is 5.69 Å². The Bertz CT molecular complexity index is 2000. The molecule has 9 nitrogen and oxygen atoms in total. The molecule has 2 aliphatic heterocycles. The van der Waals surface area contributed by atoms with Crippen LogP contribution in [0.25, 0.3) is 0 Å². The van der Waals surface area contributed by atoms with E-state index >= 15 is 0 Å². The lowest BCUT2D eigenvalue weighted by molar-refractivity contribution is -0.123. The van der Waals surface area contributed by atoms with E-state index in [1.54, 1.807) is 50.1 Å². The van der Waals surface area contributed by atoms with Crippen molar-refractivity contribution in [2.24, 2.45) is 29.6 Å². The second-order valence-electron chi connectivity index (χ2n) is 12.9. The molecule has 4 aliphatic rings. The van der Waals surface area contributed by atoms with Gasteiger partial charge in [-0.25, -0.2) is 4.79 Å².